The van der Waals surface area contributed by atoms with E-state index < -0.39 is 5.91 Å². The van der Waals surface area contributed by atoms with Gasteiger partial charge in [0.2, 0.25) is 0 Å². The molecule has 0 saturated carbocycles. The molecule has 2 aliphatic heterocycles. The molecule has 6 nitrogen and oxygen atoms in total. The Kier molecular flexibility index (Phi) is 5.54. The van der Waals surface area contributed by atoms with Crippen LogP contribution in [0.2, 0.25) is 5.02 Å². The molecule has 2 aromatic carbocycles. The van der Waals surface area contributed by atoms with E-state index >= 15 is 0 Å². The predicted molar refractivity (Wildman–Crippen MR) is 115 cm³/mol. The minimum absolute atomic E-state index is 0.0664. The van der Waals surface area contributed by atoms with Crippen molar-refractivity contribution >= 4 is 34.7 Å². The second-order valence-electron chi connectivity index (χ2n) is 7.51. The molecule has 2 unspecified atom stereocenters. The molecule has 0 spiro atoms. The van der Waals surface area contributed by atoms with E-state index in [9.17, 15) is 9.59 Å². The van der Waals surface area contributed by atoms with Crippen molar-refractivity contribution in [3.8, 4) is 5.75 Å². The van der Waals surface area contributed by atoms with Gasteiger partial charge >= 0.3 is 0 Å². The fourth-order valence-electron chi connectivity index (χ4n) is 4.12. The average molecular weight is 427 g/mol. The second-order valence-corrected chi connectivity index (χ2v) is 7.95. The number of imide groups is 1. The first-order valence-corrected chi connectivity index (χ1v) is 10.2. The van der Waals surface area contributed by atoms with Crippen molar-refractivity contribution < 1.29 is 19.1 Å². The van der Waals surface area contributed by atoms with Crippen molar-refractivity contribution in [1.29, 1.82) is 0 Å². The zero-order valence-electron chi connectivity index (χ0n) is 17.1. The maximum atomic E-state index is 13.6. The average Bonchev–Trinajstić information content (AvgIpc) is 2.97. The standard InChI is InChI=1S/C23H23ClN2O4/c1-14-12-25(13-15(2)30-14)21-20(18-9-4-5-10-19(18)29-3)22(27)26(23(21)28)17-8-6-7-16(24)11-17/h4-11,14-15H,12-13H2,1-3H3. The summed E-state index contributed by atoms with van der Waals surface area (Å²) in [6.45, 7) is 4.95. The lowest BCUT2D eigenvalue weighted by Crippen LogP contribution is -2.47. The van der Waals surface area contributed by atoms with Crippen LogP contribution in [0.1, 0.15) is 19.4 Å². The maximum absolute atomic E-state index is 13.6. The molecule has 2 heterocycles. The number of nitrogens with zero attached hydrogens (tertiary/aromatic N) is 2. The number of para-hydroxylation sites is 1. The van der Waals surface area contributed by atoms with Gasteiger partial charge < -0.3 is 14.4 Å². The van der Waals surface area contributed by atoms with Crippen LogP contribution in [0.4, 0.5) is 5.69 Å². The van der Waals surface area contributed by atoms with E-state index in [2.05, 4.69) is 0 Å². The number of rotatable bonds is 4. The highest BCUT2D eigenvalue weighted by Gasteiger charge is 2.44. The monoisotopic (exact) mass is 426 g/mol. The third-order valence-electron chi connectivity index (χ3n) is 5.24. The summed E-state index contributed by atoms with van der Waals surface area (Å²) in [5, 5.41) is 0.453. The number of anilines is 1. The molecule has 2 atom stereocenters. The van der Waals surface area contributed by atoms with E-state index in [0.717, 1.165) is 0 Å². The Bertz CT molecular complexity index is 1030. The molecule has 4 rings (SSSR count). The number of morpholine rings is 1. The highest BCUT2D eigenvalue weighted by atomic mass is 35.5. The molecule has 30 heavy (non-hydrogen) atoms. The summed E-state index contributed by atoms with van der Waals surface area (Å²) in [4.78, 5) is 30.3. The van der Waals surface area contributed by atoms with E-state index in [1.165, 1.54) is 4.90 Å². The molecule has 0 bridgehead atoms. The molecule has 0 aliphatic carbocycles. The summed E-state index contributed by atoms with van der Waals surface area (Å²) < 4.78 is 11.3. The first-order chi connectivity index (χ1) is 14.4. The number of hydrogen-bond acceptors (Lipinski definition) is 5. The van der Waals surface area contributed by atoms with E-state index in [1.54, 1.807) is 43.5 Å². The fraction of sp³-hybridized carbons (Fsp3) is 0.304. The minimum atomic E-state index is -0.395. The zero-order valence-corrected chi connectivity index (χ0v) is 17.8. The Balaban J connectivity index is 1.88. The molecule has 1 saturated heterocycles. The molecule has 0 aromatic heterocycles. The van der Waals surface area contributed by atoms with Gasteiger partial charge in [-0.25, -0.2) is 4.90 Å². The summed E-state index contributed by atoms with van der Waals surface area (Å²) in [6, 6.07) is 14.0. The first-order valence-electron chi connectivity index (χ1n) is 9.83. The summed E-state index contributed by atoms with van der Waals surface area (Å²) >= 11 is 6.13. The van der Waals surface area contributed by atoms with Gasteiger partial charge in [0.1, 0.15) is 11.4 Å². The van der Waals surface area contributed by atoms with Gasteiger partial charge in [0.05, 0.1) is 30.6 Å². The topological polar surface area (TPSA) is 59.1 Å². The predicted octanol–water partition coefficient (Wildman–Crippen LogP) is 3.74. The van der Waals surface area contributed by atoms with Crippen LogP contribution < -0.4 is 9.64 Å². The van der Waals surface area contributed by atoms with Crippen molar-refractivity contribution in [2.75, 3.05) is 25.1 Å². The third-order valence-corrected chi connectivity index (χ3v) is 5.47. The van der Waals surface area contributed by atoms with E-state index in [0.29, 0.717) is 46.4 Å². The van der Waals surface area contributed by atoms with Crippen molar-refractivity contribution in [1.82, 2.24) is 4.90 Å². The quantitative estimate of drug-likeness (QED) is 0.697. The number of carbonyl (C=O) groups is 2. The molecule has 2 amide bonds. The number of halogens is 1. The van der Waals surface area contributed by atoms with Crippen LogP contribution >= 0.6 is 11.6 Å². The maximum Gasteiger partial charge on any atom is 0.282 e. The van der Waals surface area contributed by atoms with Crippen LogP contribution in [0.5, 0.6) is 5.75 Å². The van der Waals surface area contributed by atoms with Crippen LogP contribution in [-0.4, -0.2) is 49.1 Å². The van der Waals surface area contributed by atoms with Crippen molar-refractivity contribution in [3.63, 3.8) is 0 Å². The normalized spacial score (nSPS) is 22.1. The van der Waals surface area contributed by atoms with Crippen molar-refractivity contribution in [2.24, 2.45) is 0 Å². The molecule has 2 aliphatic rings. The first kappa shape index (κ1) is 20.4. The number of benzene rings is 2. The Labute approximate surface area is 180 Å². The lowest BCUT2D eigenvalue weighted by Gasteiger charge is -2.37. The summed E-state index contributed by atoms with van der Waals surface area (Å²) in [7, 11) is 1.55. The van der Waals surface area contributed by atoms with Crippen LogP contribution in [0.3, 0.4) is 0 Å². The molecular weight excluding hydrogens is 404 g/mol. The minimum Gasteiger partial charge on any atom is -0.496 e. The van der Waals surface area contributed by atoms with Crippen molar-refractivity contribution in [3.05, 3.63) is 64.8 Å². The highest BCUT2D eigenvalue weighted by molar-refractivity contribution is 6.46. The van der Waals surface area contributed by atoms with Gasteiger partial charge in [-0.1, -0.05) is 35.9 Å². The smallest absolute Gasteiger partial charge is 0.282 e. The van der Waals surface area contributed by atoms with Crippen LogP contribution in [0, 0.1) is 0 Å². The molecule has 7 heteroatoms. The molecule has 0 N–H and O–H groups in total. The van der Waals surface area contributed by atoms with Crippen molar-refractivity contribution in [2.45, 2.75) is 26.1 Å². The number of hydrogen-bond donors (Lipinski definition) is 0. The number of amides is 2. The number of carbonyl (C=O) groups excluding carboxylic acids is 2. The van der Waals surface area contributed by atoms with Gasteiger partial charge in [-0.2, -0.15) is 0 Å². The van der Waals surface area contributed by atoms with Gasteiger partial charge in [-0.15, -0.1) is 0 Å². The van der Waals surface area contributed by atoms with Gasteiger partial charge in [-0.3, -0.25) is 9.59 Å². The fourth-order valence-corrected chi connectivity index (χ4v) is 4.30. The van der Waals surface area contributed by atoms with Crippen LogP contribution in [0.15, 0.2) is 54.2 Å². The highest BCUT2D eigenvalue weighted by Crippen LogP contribution is 2.39. The van der Waals surface area contributed by atoms with Gasteiger partial charge in [0, 0.05) is 23.7 Å². The molecule has 1 fully saturated rings. The zero-order chi connectivity index (χ0) is 21.4. The lowest BCUT2D eigenvalue weighted by molar-refractivity contribution is -0.121. The van der Waals surface area contributed by atoms with E-state index in [1.807, 2.05) is 30.9 Å². The summed E-state index contributed by atoms with van der Waals surface area (Å²) in [6.07, 6.45) is -0.133. The van der Waals surface area contributed by atoms with Gasteiger partial charge in [0.25, 0.3) is 11.8 Å². The molecule has 156 valence electrons. The lowest BCUT2D eigenvalue weighted by atomic mass is 10.0. The number of ether oxygens (including phenoxy) is 2. The van der Waals surface area contributed by atoms with Gasteiger partial charge in [0.15, 0.2) is 0 Å². The Hall–Kier alpha value is -2.83. The number of methoxy groups -OCH3 is 1. The Morgan fingerprint density at radius 3 is 2.37 bits per heavy atom. The largest absolute Gasteiger partial charge is 0.496 e. The molecule has 2 aromatic rings. The Morgan fingerprint density at radius 2 is 1.70 bits per heavy atom. The van der Waals surface area contributed by atoms with Gasteiger partial charge in [-0.05, 0) is 38.1 Å². The SMILES string of the molecule is COc1ccccc1C1=C(N2CC(C)OC(C)C2)C(=O)N(c2cccc(Cl)c2)C1=O. The molecule has 0 radical (unpaired) electrons. The van der Waals surface area contributed by atoms with Crippen LogP contribution in [0.25, 0.3) is 5.57 Å². The van der Waals surface area contributed by atoms with E-state index in [-0.39, 0.29) is 18.1 Å². The van der Waals surface area contributed by atoms with Crippen LogP contribution in [-0.2, 0) is 14.3 Å². The van der Waals surface area contributed by atoms with E-state index in [4.69, 9.17) is 21.1 Å². The second kappa shape index (κ2) is 8.13. The summed E-state index contributed by atoms with van der Waals surface area (Å²) in [5.41, 5.74) is 1.73. The Morgan fingerprint density at radius 1 is 1.00 bits per heavy atom. The molecular formula is C23H23ClN2O4. The third kappa shape index (κ3) is 3.57. The summed E-state index contributed by atoms with van der Waals surface area (Å²) in [5.74, 6) is -0.230.